The minimum atomic E-state index is 0.610. The largest absolute Gasteiger partial charge is 0.493 e. The molecule has 0 unspecified atom stereocenters. The summed E-state index contributed by atoms with van der Waals surface area (Å²) in [7, 11) is 0. The van der Waals surface area contributed by atoms with Crippen LogP contribution in [0.4, 0.5) is 0 Å². The first kappa shape index (κ1) is 15.3. The van der Waals surface area contributed by atoms with Crippen molar-refractivity contribution in [1.82, 2.24) is 5.32 Å². The smallest absolute Gasteiger partial charge is 0.126 e. The molecule has 0 spiro atoms. The lowest BCUT2D eigenvalue weighted by Gasteiger charge is -2.15. The monoisotopic (exact) mass is 336 g/mol. The quantitative estimate of drug-likeness (QED) is 0.727. The van der Waals surface area contributed by atoms with Crippen LogP contribution in [0.1, 0.15) is 43.2 Å². The van der Waals surface area contributed by atoms with Gasteiger partial charge >= 0.3 is 0 Å². The Balaban J connectivity index is 1.94. The van der Waals surface area contributed by atoms with Crippen molar-refractivity contribution in [1.29, 1.82) is 5.26 Å². The number of nitrogens with zero attached hydrogens (tertiary/aromatic N) is 1. The normalized spacial score (nSPS) is 14.1. The van der Waals surface area contributed by atoms with Crippen LogP contribution < -0.4 is 10.1 Å². The molecule has 4 heteroatoms. The summed E-state index contributed by atoms with van der Waals surface area (Å²) in [4.78, 5) is 0. The maximum atomic E-state index is 8.52. The van der Waals surface area contributed by atoms with Gasteiger partial charge in [0.2, 0.25) is 0 Å². The lowest BCUT2D eigenvalue weighted by molar-refractivity contribution is 0.301. The first-order chi connectivity index (χ1) is 9.70. The van der Waals surface area contributed by atoms with E-state index in [4.69, 9.17) is 10.00 Å². The minimum absolute atomic E-state index is 0.610. The maximum Gasteiger partial charge on any atom is 0.126 e. The second kappa shape index (κ2) is 7.66. The number of halogens is 1. The molecule has 3 nitrogen and oxygen atoms in total. The average molecular weight is 337 g/mol. The molecule has 1 N–H and O–H groups in total. The van der Waals surface area contributed by atoms with E-state index in [9.17, 15) is 0 Å². The van der Waals surface area contributed by atoms with Crippen molar-refractivity contribution in [2.75, 3.05) is 6.61 Å². The molecule has 0 heterocycles. The molecule has 2 rings (SSSR count). The van der Waals surface area contributed by atoms with Gasteiger partial charge in [0.05, 0.1) is 12.7 Å². The summed E-state index contributed by atoms with van der Waals surface area (Å²) in [5, 5.41) is 12.1. The Morgan fingerprint density at radius 2 is 2.20 bits per heavy atom. The molecule has 1 saturated carbocycles. The third-order valence-corrected chi connectivity index (χ3v) is 3.86. The molecule has 1 aliphatic carbocycles. The molecule has 20 heavy (non-hydrogen) atoms. The molecule has 1 aromatic rings. The second-order valence-electron chi connectivity index (χ2n) is 5.33. The van der Waals surface area contributed by atoms with Crippen molar-refractivity contribution in [2.45, 2.75) is 51.6 Å². The van der Waals surface area contributed by atoms with Gasteiger partial charge in [-0.1, -0.05) is 15.9 Å². The van der Waals surface area contributed by atoms with Gasteiger partial charge in [-0.15, -0.1) is 0 Å². The maximum absolute atomic E-state index is 8.52. The molecule has 108 valence electrons. The second-order valence-corrected chi connectivity index (χ2v) is 6.25. The summed E-state index contributed by atoms with van der Waals surface area (Å²) < 4.78 is 7.05. The van der Waals surface area contributed by atoms with E-state index in [1.807, 2.05) is 0 Å². The molecule has 0 aromatic heterocycles. The zero-order valence-corrected chi connectivity index (χ0v) is 13.5. The molecule has 1 aromatic carbocycles. The third kappa shape index (κ3) is 4.81. The Labute approximate surface area is 129 Å². The van der Waals surface area contributed by atoms with Crippen LogP contribution in [0.5, 0.6) is 5.75 Å². The fourth-order valence-corrected chi connectivity index (χ4v) is 2.78. The standard InChI is InChI=1S/C16H21BrN2O/c1-12-9-14(17)10-13(11-19-15-5-6-15)16(12)20-8-4-2-3-7-18/h9-10,15,19H,2-6,8,11H2,1H3. The Morgan fingerprint density at radius 1 is 1.40 bits per heavy atom. The SMILES string of the molecule is Cc1cc(Br)cc(CNC2CC2)c1OCCCCC#N. The van der Waals surface area contributed by atoms with Gasteiger partial charge in [0.1, 0.15) is 5.75 Å². The first-order valence-corrected chi connectivity index (χ1v) is 8.02. The molecule has 1 aliphatic rings. The van der Waals surface area contributed by atoms with Crippen LogP contribution in [0.15, 0.2) is 16.6 Å². The fraction of sp³-hybridized carbons (Fsp3) is 0.562. The van der Waals surface area contributed by atoms with E-state index in [-0.39, 0.29) is 0 Å². The van der Waals surface area contributed by atoms with Crippen molar-refractivity contribution < 1.29 is 4.74 Å². The number of rotatable bonds is 8. The summed E-state index contributed by atoms with van der Waals surface area (Å²) in [5.41, 5.74) is 2.37. The van der Waals surface area contributed by atoms with Crippen LogP contribution in [0.2, 0.25) is 0 Å². The molecule has 0 radical (unpaired) electrons. The van der Waals surface area contributed by atoms with E-state index in [1.54, 1.807) is 0 Å². The number of nitriles is 1. The summed E-state index contributed by atoms with van der Waals surface area (Å²) in [6.45, 7) is 3.62. The summed E-state index contributed by atoms with van der Waals surface area (Å²) in [6.07, 6.45) is 5.02. The highest BCUT2D eigenvalue weighted by Crippen LogP contribution is 2.29. The zero-order valence-electron chi connectivity index (χ0n) is 11.9. The van der Waals surface area contributed by atoms with Crippen LogP contribution in [0.3, 0.4) is 0 Å². The highest BCUT2D eigenvalue weighted by Gasteiger charge is 2.21. The Hall–Kier alpha value is -1.05. The Kier molecular flexibility index (Phi) is 5.87. The van der Waals surface area contributed by atoms with Gasteiger partial charge in [-0.05, 0) is 50.3 Å². The third-order valence-electron chi connectivity index (χ3n) is 3.40. The predicted octanol–water partition coefficient (Wildman–Crippen LogP) is 4.08. The number of hydrogen-bond acceptors (Lipinski definition) is 3. The average Bonchev–Trinajstić information content (AvgIpc) is 3.22. The minimum Gasteiger partial charge on any atom is -0.493 e. The molecule has 0 saturated heterocycles. The van der Waals surface area contributed by atoms with Crippen molar-refractivity contribution in [3.8, 4) is 11.8 Å². The summed E-state index contributed by atoms with van der Waals surface area (Å²) in [6, 6.07) is 7.08. The van der Waals surface area contributed by atoms with Crippen molar-refractivity contribution >= 4 is 15.9 Å². The number of hydrogen-bond donors (Lipinski definition) is 1. The van der Waals surface area contributed by atoms with Gasteiger partial charge < -0.3 is 10.1 Å². The highest BCUT2D eigenvalue weighted by molar-refractivity contribution is 9.10. The van der Waals surface area contributed by atoms with E-state index in [0.717, 1.165) is 35.2 Å². The van der Waals surface area contributed by atoms with Gasteiger partial charge in [-0.3, -0.25) is 0 Å². The van der Waals surface area contributed by atoms with Crippen molar-refractivity contribution in [3.63, 3.8) is 0 Å². The number of ether oxygens (including phenoxy) is 1. The molecule has 0 amide bonds. The van der Waals surface area contributed by atoms with Crippen molar-refractivity contribution in [3.05, 3.63) is 27.7 Å². The summed E-state index contributed by atoms with van der Waals surface area (Å²) in [5.74, 6) is 0.998. The molecule has 1 fully saturated rings. The highest BCUT2D eigenvalue weighted by atomic mass is 79.9. The Bertz CT molecular complexity index is 492. The van der Waals surface area contributed by atoms with E-state index >= 15 is 0 Å². The molecular formula is C16H21BrN2O. The Morgan fingerprint density at radius 3 is 2.90 bits per heavy atom. The zero-order chi connectivity index (χ0) is 14.4. The lowest BCUT2D eigenvalue weighted by atomic mass is 10.1. The van der Waals surface area contributed by atoms with Crippen LogP contribution in [-0.2, 0) is 6.54 Å². The van der Waals surface area contributed by atoms with Crippen LogP contribution in [0, 0.1) is 18.3 Å². The van der Waals surface area contributed by atoms with Crippen molar-refractivity contribution in [2.24, 2.45) is 0 Å². The van der Waals surface area contributed by atoms with E-state index in [2.05, 4.69) is 46.4 Å². The lowest BCUT2D eigenvalue weighted by Crippen LogP contribution is -2.16. The van der Waals surface area contributed by atoms with E-state index in [1.165, 1.54) is 18.4 Å². The molecule has 0 aliphatic heterocycles. The fourth-order valence-electron chi connectivity index (χ4n) is 2.16. The number of nitrogens with one attached hydrogen (secondary N) is 1. The van der Waals surface area contributed by atoms with Crippen LogP contribution in [0.25, 0.3) is 0 Å². The number of unbranched alkanes of at least 4 members (excludes halogenated alkanes) is 2. The van der Waals surface area contributed by atoms with E-state index < -0.39 is 0 Å². The first-order valence-electron chi connectivity index (χ1n) is 7.23. The van der Waals surface area contributed by atoms with Gasteiger partial charge in [0, 0.05) is 29.0 Å². The van der Waals surface area contributed by atoms with E-state index in [0.29, 0.717) is 19.1 Å². The molecule has 0 bridgehead atoms. The van der Waals surface area contributed by atoms with Crippen LogP contribution in [-0.4, -0.2) is 12.6 Å². The molecular weight excluding hydrogens is 316 g/mol. The number of aryl methyl sites for hydroxylation is 1. The van der Waals surface area contributed by atoms with Gasteiger partial charge in [0.25, 0.3) is 0 Å². The van der Waals surface area contributed by atoms with Gasteiger partial charge in [0.15, 0.2) is 0 Å². The predicted molar refractivity (Wildman–Crippen MR) is 83.7 cm³/mol. The molecule has 0 atom stereocenters. The topological polar surface area (TPSA) is 45.0 Å². The van der Waals surface area contributed by atoms with Gasteiger partial charge in [-0.25, -0.2) is 0 Å². The number of benzene rings is 1. The summed E-state index contributed by atoms with van der Waals surface area (Å²) >= 11 is 3.55. The van der Waals surface area contributed by atoms with Gasteiger partial charge in [-0.2, -0.15) is 5.26 Å². The van der Waals surface area contributed by atoms with Crippen LogP contribution >= 0.6 is 15.9 Å².